The van der Waals surface area contributed by atoms with Gasteiger partial charge in [0.25, 0.3) is 0 Å². The van der Waals surface area contributed by atoms with Crippen LogP contribution in [-0.4, -0.2) is 57.7 Å². The Morgan fingerprint density at radius 3 is 2.03 bits per heavy atom. The van der Waals surface area contributed by atoms with Crippen molar-refractivity contribution in [3.05, 3.63) is 90.0 Å². The molecule has 0 bridgehead atoms. The molecule has 1 aliphatic rings. The van der Waals surface area contributed by atoms with Gasteiger partial charge in [0.15, 0.2) is 0 Å². The number of aliphatic hydroxyl groups excluding tert-OH is 1. The highest BCUT2D eigenvalue weighted by Crippen LogP contribution is 2.28. The maximum absolute atomic E-state index is 12.2. The van der Waals surface area contributed by atoms with E-state index in [0.29, 0.717) is 29.9 Å². The molecule has 178 valence electrons. The van der Waals surface area contributed by atoms with E-state index in [9.17, 15) is 20.1 Å². The van der Waals surface area contributed by atoms with Crippen molar-refractivity contribution < 1.29 is 24.9 Å². The zero-order valence-electron chi connectivity index (χ0n) is 18.7. The first kappa shape index (κ1) is 23.6. The van der Waals surface area contributed by atoms with Crippen LogP contribution in [0.2, 0.25) is 0 Å². The molecule has 8 heteroatoms. The highest BCUT2D eigenvalue weighted by atomic mass is 16.5. The number of carbonyl (C=O) groups excluding carboxylic acids is 1. The number of aliphatic hydroxyl groups is 1. The molecule has 0 aromatic heterocycles. The zero-order valence-corrected chi connectivity index (χ0v) is 18.7. The van der Waals surface area contributed by atoms with Crippen molar-refractivity contribution >= 4 is 11.7 Å². The normalized spacial score (nSPS) is 19.8. The van der Waals surface area contributed by atoms with Crippen LogP contribution in [0.25, 0.3) is 0 Å². The number of ether oxygens (including phenoxy) is 1. The molecule has 3 aromatic carbocycles. The number of carbonyl (C=O) groups is 1. The SMILES string of the molecule is O=C(NCC1OCC(N(Cc2ccccc2O)Cc2ccccc2O)C1O)Nc1ccccc1. The van der Waals surface area contributed by atoms with Gasteiger partial charge < -0.3 is 30.7 Å². The van der Waals surface area contributed by atoms with Crippen molar-refractivity contribution in [3.8, 4) is 11.5 Å². The fraction of sp³-hybridized carbons (Fsp3) is 0.269. The molecule has 3 aromatic rings. The smallest absolute Gasteiger partial charge is 0.319 e. The number of nitrogens with one attached hydrogen (secondary N) is 2. The van der Waals surface area contributed by atoms with Crippen LogP contribution in [0.4, 0.5) is 10.5 Å². The van der Waals surface area contributed by atoms with Gasteiger partial charge in [0, 0.05) is 36.4 Å². The summed E-state index contributed by atoms with van der Waals surface area (Å²) in [5.74, 6) is 0.322. The lowest BCUT2D eigenvalue weighted by Gasteiger charge is -2.31. The minimum atomic E-state index is -0.881. The Bertz CT molecular complexity index is 1050. The van der Waals surface area contributed by atoms with Gasteiger partial charge in [-0.15, -0.1) is 0 Å². The van der Waals surface area contributed by atoms with Gasteiger partial charge in [0.2, 0.25) is 0 Å². The number of urea groups is 1. The van der Waals surface area contributed by atoms with Crippen molar-refractivity contribution in [2.24, 2.45) is 0 Å². The number of aromatic hydroxyl groups is 2. The molecule has 1 heterocycles. The largest absolute Gasteiger partial charge is 0.508 e. The van der Waals surface area contributed by atoms with Crippen LogP contribution < -0.4 is 10.6 Å². The van der Waals surface area contributed by atoms with Gasteiger partial charge in [0.1, 0.15) is 17.6 Å². The second-order valence-electron chi connectivity index (χ2n) is 8.29. The van der Waals surface area contributed by atoms with E-state index in [-0.39, 0.29) is 30.7 Å². The average Bonchev–Trinajstić information content (AvgIpc) is 3.21. The zero-order chi connectivity index (χ0) is 23.9. The Morgan fingerprint density at radius 2 is 1.44 bits per heavy atom. The average molecular weight is 464 g/mol. The first-order chi connectivity index (χ1) is 16.5. The van der Waals surface area contributed by atoms with Gasteiger partial charge in [-0.3, -0.25) is 4.90 Å². The Labute approximate surface area is 198 Å². The van der Waals surface area contributed by atoms with Crippen LogP contribution >= 0.6 is 0 Å². The Kier molecular flexibility index (Phi) is 7.64. The molecule has 1 aliphatic heterocycles. The molecule has 5 N–H and O–H groups in total. The predicted octanol–water partition coefficient (Wildman–Crippen LogP) is 3.05. The molecule has 0 aliphatic carbocycles. The van der Waals surface area contributed by atoms with E-state index in [4.69, 9.17) is 4.74 Å². The number of phenolic OH excluding ortho intramolecular Hbond substituents is 2. The van der Waals surface area contributed by atoms with Crippen LogP contribution in [0.1, 0.15) is 11.1 Å². The lowest BCUT2D eigenvalue weighted by Crippen LogP contribution is -2.47. The van der Waals surface area contributed by atoms with E-state index in [1.54, 1.807) is 36.4 Å². The fourth-order valence-corrected chi connectivity index (χ4v) is 4.08. The third kappa shape index (κ3) is 5.85. The molecule has 3 atom stereocenters. The van der Waals surface area contributed by atoms with Crippen molar-refractivity contribution in [1.29, 1.82) is 0 Å². The van der Waals surface area contributed by atoms with E-state index in [1.165, 1.54) is 0 Å². The van der Waals surface area contributed by atoms with Gasteiger partial charge in [0.05, 0.1) is 18.8 Å². The van der Waals surface area contributed by atoms with E-state index in [1.807, 2.05) is 47.4 Å². The number of hydrogen-bond donors (Lipinski definition) is 5. The third-order valence-electron chi connectivity index (χ3n) is 5.95. The van der Waals surface area contributed by atoms with Gasteiger partial charge in [-0.25, -0.2) is 4.79 Å². The molecular formula is C26H29N3O5. The summed E-state index contributed by atoms with van der Waals surface area (Å²) in [6, 6.07) is 22.4. The van der Waals surface area contributed by atoms with Crippen LogP contribution in [0.15, 0.2) is 78.9 Å². The maximum Gasteiger partial charge on any atom is 0.319 e. The number of amides is 2. The number of benzene rings is 3. The summed E-state index contributed by atoms with van der Waals surface area (Å²) in [6.45, 7) is 1.08. The molecule has 1 fully saturated rings. The lowest BCUT2D eigenvalue weighted by molar-refractivity contribution is 0.0317. The minimum Gasteiger partial charge on any atom is -0.508 e. The first-order valence-electron chi connectivity index (χ1n) is 11.2. The van der Waals surface area contributed by atoms with Gasteiger partial charge in [-0.1, -0.05) is 54.6 Å². The summed E-state index contributed by atoms with van der Waals surface area (Å²) in [5, 5.41) is 37.1. The second kappa shape index (κ2) is 11.0. The summed E-state index contributed by atoms with van der Waals surface area (Å²) in [6.07, 6.45) is -1.48. The summed E-state index contributed by atoms with van der Waals surface area (Å²) < 4.78 is 5.84. The van der Waals surface area contributed by atoms with Crippen LogP contribution in [0.5, 0.6) is 11.5 Å². The fourth-order valence-electron chi connectivity index (χ4n) is 4.08. The summed E-state index contributed by atoms with van der Waals surface area (Å²) in [7, 11) is 0. The highest BCUT2D eigenvalue weighted by molar-refractivity contribution is 5.89. The van der Waals surface area contributed by atoms with Gasteiger partial charge in [-0.2, -0.15) is 0 Å². The standard InChI is InChI=1S/C26H29N3O5/c30-22-12-6-4-8-18(22)15-29(16-19-9-5-7-13-23(19)31)21-17-34-24(25(21)32)14-27-26(33)28-20-10-2-1-3-11-20/h1-13,21,24-25,30-32H,14-17H2,(H2,27,28,33). The summed E-state index contributed by atoms with van der Waals surface area (Å²) >= 11 is 0. The molecule has 0 spiro atoms. The minimum absolute atomic E-state index is 0.136. The van der Waals surface area contributed by atoms with Crippen molar-refractivity contribution in [1.82, 2.24) is 10.2 Å². The van der Waals surface area contributed by atoms with Gasteiger partial charge in [-0.05, 0) is 24.3 Å². The van der Waals surface area contributed by atoms with Gasteiger partial charge >= 0.3 is 6.03 Å². The number of rotatable bonds is 8. The number of phenols is 2. The molecule has 4 rings (SSSR count). The molecule has 34 heavy (non-hydrogen) atoms. The molecule has 8 nitrogen and oxygen atoms in total. The third-order valence-corrected chi connectivity index (χ3v) is 5.95. The molecule has 3 unspecified atom stereocenters. The van der Waals surface area contributed by atoms with E-state index < -0.39 is 18.2 Å². The predicted molar refractivity (Wildman–Crippen MR) is 128 cm³/mol. The molecule has 0 radical (unpaired) electrons. The summed E-state index contributed by atoms with van der Waals surface area (Å²) in [4.78, 5) is 14.2. The Hall–Kier alpha value is -3.59. The molecular weight excluding hydrogens is 434 g/mol. The Balaban J connectivity index is 1.43. The highest BCUT2D eigenvalue weighted by Gasteiger charge is 2.39. The molecule has 0 saturated carbocycles. The van der Waals surface area contributed by atoms with Crippen molar-refractivity contribution in [2.75, 3.05) is 18.5 Å². The number of para-hydroxylation sites is 3. The first-order valence-corrected chi connectivity index (χ1v) is 11.2. The topological polar surface area (TPSA) is 114 Å². The second-order valence-corrected chi connectivity index (χ2v) is 8.29. The van der Waals surface area contributed by atoms with E-state index >= 15 is 0 Å². The quantitative estimate of drug-likeness (QED) is 0.351. The van der Waals surface area contributed by atoms with E-state index in [0.717, 1.165) is 0 Å². The molecule has 2 amide bonds. The van der Waals surface area contributed by atoms with Crippen molar-refractivity contribution in [3.63, 3.8) is 0 Å². The van der Waals surface area contributed by atoms with Crippen LogP contribution in [0, 0.1) is 0 Å². The summed E-state index contributed by atoms with van der Waals surface area (Å²) in [5.41, 5.74) is 2.07. The Morgan fingerprint density at radius 1 is 0.882 bits per heavy atom. The van der Waals surface area contributed by atoms with Crippen LogP contribution in [-0.2, 0) is 17.8 Å². The number of anilines is 1. The lowest BCUT2D eigenvalue weighted by atomic mass is 10.0. The van der Waals surface area contributed by atoms with Crippen LogP contribution in [0.3, 0.4) is 0 Å². The maximum atomic E-state index is 12.2. The monoisotopic (exact) mass is 463 g/mol. The van der Waals surface area contributed by atoms with E-state index in [2.05, 4.69) is 10.6 Å². The van der Waals surface area contributed by atoms with Crippen molar-refractivity contribution in [2.45, 2.75) is 31.3 Å². The molecule has 1 saturated heterocycles. The number of nitrogens with zero attached hydrogens (tertiary/aromatic N) is 1. The number of hydrogen-bond acceptors (Lipinski definition) is 6.